The Bertz CT molecular complexity index is 1060. The van der Waals surface area contributed by atoms with Crippen LogP contribution in [0.2, 0.25) is 0 Å². The third-order valence-corrected chi connectivity index (χ3v) is 6.15. The van der Waals surface area contributed by atoms with Crippen molar-refractivity contribution in [1.29, 1.82) is 0 Å². The van der Waals surface area contributed by atoms with E-state index < -0.39 is 0 Å². The highest BCUT2D eigenvalue weighted by molar-refractivity contribution is 7.98. The van der Waals surface area contributed by atoms with Gasteiger partial charge in [0, 0.05) is 16.2 Å². The quantitative estimate of drug-likeness (QED) is 0.458. The van der Waals surface area contributed by atoms with Crippen LogP contribution in [0.5, 0.6) is 0 Å². The monoisotopic (exact) mass is 394 g/mol. The van der Waals surface area contributed by atoms with E-state index in [1.54, 1.807) is 11.8 Å². The largest absolute Gasteiger partial charge is 0.333 e. The minimum atomic E-state index is -0.135. The molecule has 4 aromatic rings. The predicted molar refractivity (Wildman–Crippen MR) is 112 cm³/mol. The van der Waals surface area contributed by atoms with Gasteiger partial charge >= 0.3 is 0 Å². The smallest absolute Gasteiger partial charge is 0.257 e. The van der Waals surface area contributed by atoms with Crippen LogP contribution >= 0.6 is 23.1 Å². The van der Waals surface area contributed by atoms with E-state index in [0.29, 0.717) is 16.4 Å². The van der Waals surface area contributed by atoms with Crippen molar-refractivity contribution >= 4 is 45.2 Å². The second-order valence-electron chi connectivity index (χ2n) is 6.12. The average Bonchev–Trinajstić information content (AvgIpc) is 3.22. The molecule has 2 N–H and O–H groups in total. The summed E-state index contributed by atoms with van der Waals surface area (Å²) in [6, 6.07) is 15.6. The zero-order valence-electron chi connectivity index (χ0n) is 14.9. The SMILES string of the molecule is Cc1nc(NC(=O)c2ccccc2CSc2nc3ccccc3[nH]2)sc1C. The van der Waals surface area contributed by atoms with Crippen LogP contribution in [0.3, 0.4) is 0 Å². The summed E-state index contributed by atoms with van der Waals surface area (Å²) in [4.78, 5) is 26.1. The summed E-state index contributed by atoms with van der Waals surface area (Å²) in [6.45, 7) is 3.94. The van der Waals surface area contributed by atoms with Gasteiger partial charge in [0.1, 0.15) is 0 Å². The van der Waals surface area contributed by atoms with E-state index in [2.05, 4.69) is 20.3 Å². The number of hydrogen-bond donors (Lipinski definition) is 2. The molecule has 0 bridgehead atoms. The normalized spacial score (nSPS) is 11.0. The summed E-state index contributed by atoms with van der Waals surface area (Å²) in [5.41, 5.74) is 4.53. The number of aromatic amines is 1. The van der Waals surface area contributed by atoms with Gasteiger partial charge in [-0.1, -0.05) is 42.1 Å². The highest BCUT2D eigenvalue weighted by Crippen LogP contribution is 2.26. The third kappa shape index (κ3) is 3.89. The number of thioether (sulfide) groups is 1. The number of carbonyl (C=O) groups is 1. The van der Waals surface area contributed by atoms with E-state index in [-0.39, 0.29) is 5.91 Å². The van der Waals surface area contributed by atoms with Crippen molar-refractivity contribution < 1.29 is 4.79 Å². The summed E-state index contributed by atoms with van der Waals surface area (Å²) in [7, 11) is 0. The number of hydrogen-bond acceptors (Lipinski definition) is 5. The van der Waals surface area contributed by atoms with E-state index in [1.165, 1.54) is 11.3 Å². The Morgan fingerprint density at radius 1 is 1.11 bits per heavy atom. The molecule has 0 aliphatic carbocycles. The average molecular weight is 395 g/mol. The van der Waals surface area contributed by atoms with E-state index in [1.807, 2.05) is 62.4 Å². The van der Waals surface area contributed by atoms with Crippen molar-refractivity contribution in [1.82, 2.24) is 15.0 Å². The summed E-state index contributed by atoms with van der Waals surface area (Å²) < 4.78 is 0. The fourth-order valence-electron chi connectivity index (χ4n) is 2.70. The Balaban J connectivity index is 1.51. The number of carbonyl (C=O) groups excluding carboxylic acids is 1. The Labute approximate surface area is 165 Å². The van der Waals surface area contributed by atoms with Gasteiger partial charge in [0.2, 0.25) is 0 Å². The number of aryl methyl sites for hydroxylation is 2. The number of fused-ring (bicyclic) bond motifs is 1. The molecule has 0 radical (unpaired) electrons. The molecule has 27 heavy (non-hydrogen) atoms. The molecule has 1 amide bonds. The zero-order chi connectivity index (χ0) is 18.8. The molecule has 0 atom stereocenters. The van der Waals surface area contributed by atoms with Gasteiger partial charge in [-0.3, -0.25) is 10.1 Å². The van der Waals surface area contributed by atoms with Crippen molar-refractivity contribution in [2.75, 3.05) is 5.32 Å². The maximum atomic E-state index is 12.7. The van der Waals surface area contributed by atoms with Gasteiger partial charge < -0.3 is 4.98 Å². The fraction of sp³-hybridized carbons (Fsp3) is 0.150. The number of amides is 1. The summed E-state index contributed by atoms with van der Waals surface area (Å²) in [6.07, 6.45) is 0. The van der Waals surface area contributed by atoms with Gasteiger partial charge in [0.05, 0.1) is 16.7 Å². The van der Waals surface area contributed by atoms with Crippen LogP contribution in [0.4, 0.5) is 5.13 Å². The fourth-order valence-corrected chi connectivity index (χ4v) is 4.40. The van der Waals surface area contributed by atoms with Crippen LogP contribution in [-0.2, 0) is 5.75 Å². The predicted octanol–water partition coefficient (Wildman–Crippen LogP) is 5.18. The Morgan fingerprint density at radius 2 is 1.89 bits per heavy atom. The molecule has 5 nitrogen and oxygen atoms in total. The lowest BCUT2D eigenvalue weighted by Crippen LogP contribution is -2.13. The molecule has 0 fully saturated rings. The van der Waals surface area contributed by atoms with Gasteiger partial charge in [-0.25, -0.2) is 9.97 Å². The Kier molecular flexibility index (Phi) is 4.96. The lowest BCUT2D eigenvalue weighted by atomic mass is 10.1. The standard InChI is InChI=1S/C20H18N4OS2/c1-12-13(2)27-20(21-12)24-18(25)15-8-4-3-7-14(15)11-26-19-22-16-9-5-6-10-17(16)23-19/h3-10H,11H2,1-2H3,(H,22,23)(H,21,24,25). The molecular formula is C20H18N4OS2. The van der Waals surface area contributed by atoms with Crippen molar-refractivity contribution in [3.8, 4) is 0 Å². The van der Waals surface area contributed by atoms with Crippen LogP contribution in [0.1, 0.15) is 26.5 Å². The number of imidazole rings is 1. The molecule has 0 aliphatic rings. The molecule has 136 valence electrons. The van der Waals surface area contributed by atoms with Crippen LogP contribution < -0.4 is 5.32 Å². The molecule has 7 heteroatoms. The van der Waals surface area contributed by atoms with Crippen molar-refractivity contribution in [2.45, 2.75) is 24.8 Å². The van der Waals surface area contributed by atoms with Gasteiger partial charge in [-0.05, 0) is 37.6 Å². The third-order valence-electron chi connectivity index (χ3n) is 4.24. The molecule has 2 heterocycles. The Hall–Kier alpha value is -2.64. The molecule has 0 aliphatic heterocycles. The molecule has 0 saturated heterocycles. The highest BCUT2D eigenvalue weighted by Gasteiger charge is 2.14. The molecule has 4 rings (SSSR count). The summed E-state index contributed by atoms with van der Waals surface area (Å²) >= 11 is 3.08. The van der Waals surface area contributed by atoms with E-state index in [4.69, 9.17) is 0 Å². The van der Waals surface area contributed by atoms with Crippen molar-refractivity contribution in [3.63, 3.8) is 0 Å². The van der Waals surface area contributed by atoms with E-state index in [0.717, 1.165) is 32.3 Å². The number of nitrogens with one attached hydrogen (secondary N) is 2. The lowest BCUT2D eigenvalue weighted by molar-refractivity contribution is 0.102. The minimum absolute atomic E-state index is 0.135. The zero-order valence-corrected chi connectivity index (χ0v) is 16.6. The first-order valence-electron chi connectivity index (χ1n) is 8.51. The lowest BCUT2D eigenvalue weighted by Gasteiger charge is -2.08. The maximum absolute atomic E-state index is 12.7. The molecule has 0 unspecified atom stereocenters. The second kappa shape index (κ2) is 7.54. The van der Waals surface area contributed by atoms with Crippen molar-refractivity contribution in [3.05, 3.63) is 70.2 Å². The molecule has 0 saturated carbocycles. The van der Waals surface area contributed by atoms with Gasteiger partial charge in [0.15, 0.2) is 10.3 Å². The maximum Gasteiger partial charge on any atom is 0.257 e. The minimum Gasteiger partial charge on any atom is -0.333 e. The van der Waals surface area contributed by atoms with Crippen molar-refractivity contribution in [2.24, 2.45) is 0 Å². The topological polar surface area (TPSA) is 70.7 Å². The number of thiazole rings is 1. The Morgan fingerprint density at radius 3 is 2.67 bits per heavy atom. The number of rotatable bonds is 5. The van der Waals surface area contributed by atoms with E-state index >= 15 is 0 Å². The number of nitrogens with zero attached hydrogens (tertiary/aromatic N) is 2. The van der Waals surface area contributed by atoms with Crippen LogP contribution in [0, 0.1) is 13.8 Å². The first kappa shape index (κ1) is 17.8. The second-order valence-corrected chi connectivity index (χ2v) is 8.29. The number of aromatic nitrogens is 3. The summed E-state index contributed by atoms with van der Waals surface area (Å²) in [5, 5.41) is 4.39. The molecule has 2 aromatic carbocycles. The number of anilines is 1. The van der Waals surface area contributed by atoms with Crippen LogP contribution in [0.15, 0.2) is 53.7 Å². The number of para-hydroxylation sites is 2. The highest BCUT2D eigenvalue weighted by atomic mass is 32.2. The first-order valence-corrected chi connectivity index (χ1v) is 10.3. The van der Waals surface area contributed by atoms with Crippen LogP contribution in [0.25, 0.3) is 11.0 Å². The number of benzene rings is 2. The molecular weight excluding hydrogens is 376 g/mol. The first-order chi connectivity index (χ1) is 13.1. The van der Waals surface area contributed by atoms with E-state index in [9.17, 15) is 4.79 Å². The number of H-pyrrole nitrogens is 1. The van der Waals surface area contributed by atoms with Gasteiger partial charge in [0.25, 0.3) is 5.91 Å². The summed E-state index contributed by atoms with van der Waals surface area (Å²) in [5.74, 6) is 0.517. The van der Waals surface area contributed by atoms with Crippen LogP contribution in [-0.4, -0.2) is 20.9 Å². The van der Waals surface area contributed by atoms with Gasteiger partial charge in [-0.15, -0.1) is 11.3 Å². The molecule has 2 aromatic heterocycles. The van der Waals surface area contributed by atoms with Gasteiger partial charge in [-0.2, -0.15) is 0 Å². The molecule has 0 spiro atoms.